The molecule has 0 aromatic carbocycles. The van der Waals surface area contributed by atoms with E-state index in [1.807, 2.05) is 0 Å². The number of carbonyl (C=O) groups excluding carboxylic acids is 2. The molecule has 0 aromatic heterocycles. The van der Waals surface area contributed by atoms with Gasteiger partial charge < -0.3 is 4.74 Å². The fraction of sp³-hybridized carbons (Fsp3) is 0.750. The van der Waals surface area contributed by atoms with Crippen LogP contribution in [0.1, 0.15) is 25.7 Å². The first-order chi connectivity index (χ1) is 5.27. The highest BCUT2D eigenvalue weighted by molar-refractivity contribution is 5.89. The van der Waals surface area contributed by atoms with Gasteiger partial charge in [0.1, 0.15) is 0 Å². The fourth-order valence-corrected chi connectivity index (χ4v) is 1.83. The van der Waals surface area contributed by atoms with Crippen LogP contribution >= 0.6 is 0 Å². The summed E-state index contributed by atoms with van der Waals surface area (Å²) >= 11 is 0. The molecule has 3 nitrogen and oxygen atoms in total. The Kier molecular flexibility index (Phi) is 1.44. The van der Waals surface area contributed by atoms with Gasteiger partial charge in [0.05, 0.1) is 11.8 Å². The molecule has 3 rings (SSSR count). The molecule has 0 amide bonds. The molecule has 1 saturated carbocycles. The third-order valence-electron chi connectivity index (χ3n) is 2.60. The molecule has 2 saturated heterocycles. The average Bonchev–Trinajstić information content (AvgIpc) is 2.22. The minimum atomic E-state index is -0.296. The Morgan fingerprint density at radius 3 is 1.64 bits per heavy atom. The SMILES string of the molecule is O=C1OC(=O)C2CCC1CC2. The van der Waals surface area contributed by atoms with Crippen molar-refractivity contribution in [3.63, 3.8) is 0 Å². The van der Waals surface area contributed by atoms with Gasteiger partial charge in [0.25, 0.3) is 0 Å². The van der Waals surface area contributed by atoms with E-state index in [2.05, 4.69) is 4.74 Å². The zero-order chi connectivity index (χ0) is 7.84. The van der Waals surface area contributed by atoms with Crippen molar-refractivity contribution in [2.45, 2.75) is 25.7 Å². The quantitative estimate of drug-likeness (QED) is 0.384. The van der Waals surface area contributed by atoms with Crippen LogP contribution in [0.4, 0.5) is 0 Å². The maximum absolute atomic E-state index is 11.0. The summed E-state index contributed by atoms with van der Waals surface area (Å²) in [4.78, 5) is 22.1. The molecule has 0 aromatic rings. The van der Waals surface area contributed by atoms with Crippen molar-refractivity contribution in [1.82, 2.24) is 0 Å². The Morgan fingerprint density at radius 1 is 0.909 bits per heavy atom. The van der Waals surface area contributed by atoms with E-state index in [1.54, 1.807) is 0 Å². The third kappa shape index (κ3) is 1.04. The topological polar surface area (TPSA) is 43.4 Å². The van der Waals surface area contributed by atoms with E-state index in [9.17, 15) is 9.59 Å². The molecular formula is C8H10O3. The van der Waals surface area contributed by atoms with E-state index in [0.29, 0.717) is 0 Å². The highest BCUT2D eigenvalue weighted by Crippen LogP contribution is 2.33. The molecule has 60 valence electrons. The third-order valence-corrected chi connectivity index (χ3v) is 2.60. The minimum Gasteiger partial charge on any atom is -0.393 e. The van der Waals surface area contributed by atoms with Gasteiger partial charge in [-0.05, 0) is 25.7 Å². The van der Waals surface area contributed by atoms with Crippen LogP contribution < -0.4 is 0 Å². The van der Waals surface area contributed by atoms with Crippen LogP contribution in [0.3, 0.4) is 0 Å². The second-order valence-corrected chi connectivity index (χ2v) is 3.29. The minimum absolute atomic E-state index is 0.0118. The van der Waals surface area contributed by atoms with Gasteiger partial charge in [-0.2, -0.15) is 0 Å². The second kappa shape index (κ2) is 2.32. The predicted molar refractivity (Wildman–Crippen MR) is 36.5 cm³/mol. The van der Waals surface area contributed by atoms with Gasteiger partial charge in [0, 0.05) is 0 Å². The number of rotatable bonds is 0. The fourth-order valence-electron chi connectivity index (χ4n) is 1.83. The molecule has 3 heteroatoms. The molecule has 11 heavy (non-hydrogen) atoms. The maximum Gasteiger partial charge on any atom is 0.316 e. The zero-order valence-corrected chi connectivity index (χ0v) is 6.21. The van der Waals surface area contributed by atoms with Crippen molar-refractivity contribution in [3.8, 4) is 0 Å². The van der Waals surface area contributed by atoms with E-state index in [0.717, 1.165) is 25.7 Å². The summed E-state index contributed by atoms with van der Waals surface area (Å²) in [5.74, 6) is -0.569. The van der Waals surface area contributed by atoms with E-state index in [-0.39, 0.29) is 23.8 Å². The van der Waals surface area contributed by atoms with Crippen LogP contribution in [0.2, 0.25) is 0 Å². The summed E-state index contributed by atoms with van der Waals surface area (Å²) in [6, 6.07) is 0. The van der Waals surface area contributed by atoms with Crippen molar-refractivity contribution < 1.29 is 14.3 Å². The Bertz CT molecular complexity index is 179. The molecule has 0 N–H and O–H groups in total. The van der Waals surface area contributed by atoms with Gasteiger partial charge in [-0.15, -0.1) is 0 Å². The van der Waals surface area contributed by atoms with Crippen LogP contribution in [0.5, 0.6) is 0 Å². The molecule has 2 aliphatic heterocycles. The molecule has 2 heterocycles. The van der Waals surface area contributed by atoms with E-state index >= 15 is 0 Å². The van der Waals surface area contributed by atoms with E-state index in [1.165, 1.54) is 0 Å². The summed E-state index contributed by atoms with van der Waals surface area (Å²) in [6.07, 6.45) is 3.37. The normalized spacial score (nSPS) is 36.7. The summed E-state index contributed by atoms with van der Waals surface area (Å²) in [5.41, 5.74) is 0. The highest BCUT2D eigenvalue weighted by Gasteiger charge is 2.37. The lowest BCUT2D eigenvalue weighted by atomic mass is 9.84. The van der Waals surface area contributed by atoms with Crippen molar-refractivity contribution in [3.05, 3.63) is 0 Å². The Hall–Kier alpha value is -0.860. The van der Waals surface area contributed by atoms with Crippen LogP contribution in [0.25, 0.3) is 0 Å². The van der Waals surface area contributed by atoms with Gasteiger partial charge in [0.15, 0.2) is 0 Å². The van der Waals surface area contributed by atoms with Crippen molar-refractivity contribution >= 4 is 11.9 Å². The summed E-state index contributed by atoms with van der Waals surface area (Å²) < 4.78 is 4.62. The Morgan fingerprint density at radius 2 is 1.27 bits per heavy atom. The van der Waals surface area contributed by atoms with Crippen molar-refractivity contribution in [2.75, 3.05) is 0 Å². The highest BCUT2D eigenvalue weighted by atomic mass is 16.6. The molecular weight excluding hydrogens is 144 g/mol. The number of carbonyl (C=O) groups is 2. The van der Waals surface area contributed by atoms with Gasteiger partial charge in [-0.1, -0.05) is 0 Å². The van der Waals surface area contributed by atoms with Crippen LogP contribution in [-0.2, 0) is 14.3 Å². The lowest BCUT2D eigenvalue weighted by Gasteiger charge is -2.17. The monoisotopic (exact) mass is 154 g/mol. The van der Waals surface area contributed by atoms with Gasteiger partial charge in [-0.25, -0.2) is 0 Å². The molecule has 0 spiro atoms. The molecule has 2 bridgehead atoms. The van der Waals surface area contributed by atoms with Crippen LogP contribution in [-0.4, -0.2) is 11.9 Å². The maximum atomic E-state index is 11.0. The van der Waals surface area contributed by atoms with Crippen LogP contribution in [0.15, 0.2) is 0 Å². The smallest absolute Gasteiger partial charge is 0.316 e. The second-order valence-electron chi connectivity index (χ2n) is 3.29. The Balaban J connectivity index is 2.25. The molecule has 0 atom stereocenters. The van der Waals surface area contributed by atoms with E-state index < -0.39 is 0 Å². The molecule has 1 aliphatic carbocycles. The zero-order valence-electron chi connectivity index (χ0n) is 6.21. The van der Waals surface area contributed by atoms with Crippen molar-refractivity contribution in [1.29, 1.82) is 0 Å². The summed E-state index contributed by atoms with van der Waals surface area (Å²) in [6.45, 7) is 0. The van der Waals surface area contributed by atoms with E-state index in [4.69, 9.17) is 0 Å². The standard InChI is InChI=1S/C8H10O3/c9-7-5-1-2-6(4-3-5)8(10)11-7/h5-6H,1-4H2. The first-order valence-electron chi connectivity index (χ1n) is 4.03. The first-order valence-corrected chi connectivity index (χ1v) is 4.03. The number of hydrogen-bond acceptors (Lipinski definition) is 3. The number of hydrogen-bond donors (Lipinski definition) is 0. The Labute approximate surface area is 64.7 Å². The van der Waals surface area contributed by atoms with Gasteiger partial charge in [-0.3, -0.25) is 9.59 Å². The molecule has 0 unspecified atom stereocenters. The van der Waals surface area contributed by atoms with Crippen molar-refractivity contribution in [2.24, 2.45) is 11.8 Å². The average molecular weight is 154 g/mol. The number of fused-ring (bicyclic) bond motifs is 4. The van der Waals surface area contributed by atoms with Gasteiger partial charge >= 0.3 is 11.9 Å². The number of ether oxygens (including phenoxy) is 1. The van der Waals surface area contributed by atoms with Gasteiger partial charge in [0.2, 0.25) is 0 Å². The lowest BCUT2D eigenvalue weighted by Crippen LogP contribution is -2.15. The lowest BCUT2D eigenvalue weighted by molar-refractivity contribution is -0.161. The van der Waals surface area contributed by atoms with Crippen LogP contribution in [0, 0.1) is 11.8 Å². The molecule has 3 fully saturated rings. The predicted octanol–water partition coefficient (Wildman–Crippen LogP) is 0.876. The first kappa shape index (κ1) is 6.83. The number of esters is 2. The largest absolute Gasteiger partial charge is 0.393 e. The summed E-state index contributed by atoms with van der Waals surface area (Å²) in [7, 11) is 0. The summed E-state index contributed by atoms with van der Waals surface area (Å²) in [5, 5.41) is 0. The molecule has 0 radical (unpaired) electrons. The molecule has 3 aliphatic rings.